The molecule has 0 unspecified atom stereocenters. The van der Waals surface area contributed by atoms with E-state index >= 15 is 0 Å². The summed E-state index contributed by atoms with van der Waals surface area (Å²) in [7, 11) is 0. The molecular weight excluding hydrogens is 163 g/mol. The molecule has 0 atom stereocenters. The van der Waals surface area contributed by atoms with Gasteiger partial charge < -0.3 is 0 Å². The van der Waals surface area contributed by atoms with Gasteiger partial charge in [0, 0.05) is 0 Å². The Bertz CT molecular complexity index is 28.5. The molecule has 0 heterocycles. The average molecular weight is 169 g/mol. The molecule has 0 aliphatic heterocycles. The lowest BCUT2D eigenvalue weighted by atomic mass is 11.3. The van der Waals surface area contributed by atoms with E-state index in [-0.39, 0.29) is 0 Å². The quantitative estimate of drug-likeness (QED) is 0.523. The van der Waals surface area contributed by atoms with Crippen molar-refractivity contribution < 1.29 is 0 Å². The molecule has 0 fully saturated rings. The predicted octanol–water partition coefficient (Wildman–Crippen LogP) is 2.89. The monoisotopic (exact) mass is 168 g/mol. The molecule has 0 aliphatic carbocycles. The summed E-state index contributed by atoms with van der Waals surface area (Å²) >= 11 is 7.67. The molecule has 36 valence electrons. The molecule has 0 aliphatic rings. The van der Waals surface area contributed by atoms with Gasteiger partial charge in [0.15, 0.2) is 0 Å². The molecule has 0 rings (SSSR count). The fraction of sp³-hybridized carbons (Fsp3) is 0. The van der Waals surface area contributed by atoms with Crippen LogP contribution < -0.4 is 0 Å². The molecule has 0 radical (unpaired) electrons. The van der Waals surface area contributed by atoms with Crippen LogP contribution in [0.1, 0.15) is 0 Å². The summed E-state index contributed by atoms with van der Waals surface area (Å²) in [5.41, 5.74) is 1.22. The average Bonchev–Trinajstić information content (AvgIpc) is 1.39. The first kappa shape index (κ1) is 9.54. The van der Waals surface area contributed by atoms with E-state index in [1.54, 1.807) is 4.99 Å². The zero-order valence-corrected chi connectivity index (χ0v) is 5.67. The van der Waals surface area contributed by atoms with Gasteiger partial charge in [-0.1, -0.05) is 40.7 Å². The molecule has 0 nitrogen and oxygen atoms in total. The summed E-state index contributed by atoms with van der Waals surface area (Å²) in [4.78, 5) is 1.56. The van der Waals surface area contributed by atoms with Gasteiger partial charge in [-0.15, -0.1) is 0 Å². The topological polar surface area (TPSA) is 0 Å². The molecule has 0 bridgehead atoms. The van der Waals surface area contributed by atoms with Gasteiger partial charge in [-0.3, -0.25) is 0 Å². The van der Waals surface area contributed by atoms with E-state index < -0.39 is 0 Å². The second-order valence-corrected chi connectivity index (χ2v) is 1.26. The first-order valence-electron chi connectivity index (χ1n) is 1.25. The minimum atomic E-state index is 1.22. The smallest absolute Gasteiger partial charge is 0.00296 e. The highest BCUT2D eigenvalue weighted by molar-refractivity contribution is 9.11. The fourth-order valence-corrected chi connectivity index (χ4v) is 0. The summed E-state index contributed by atoms with van der Waals surface area (Å²) in [6.45, 7) is 6.40. The van der Waals surface area contributed by atoms with E-state index in [2.05, 4.69) is 29.1 Å². The maximum Gasteiger partial charge on any atom is -0.00296 e. The Morgan fingerprint density at radius 2 is 1.50 bits per heavy atom. The number of halogens is 2. The summed E-state index contributed by atoms with van der Waals surface area (Å²) in [5.74, 6) is 0. The molecule has 0 N–H and O–H groups in total. The molecule has 6 heavy (non-hydrogen) atoms. The number of hydrogen-bond acceptors (Lipinski definition) is 0. The van der Waals surface area contributed by atoms with Gasteiger partial charge >= 0.3 is 0 Å². The largest absolute Gasteiger partial charge is 0.0936 e. The minimum Gasteiger partial charge on any atom is -0.0936 e. The first-order valence-corrected chi connectivity index (χ1v) is 2.61. The van der Waals surface area contributed by atoms with E-state index in [1.165, 1.54) is 5.54 Å². The van der Waals surface area contributed by atoms with E-state index in [4.69, 9.17) is 11.6 Å². The Morgan fingerprint density at radius 1 is 1.50 bits per heavy atom. The van der Waals surface area contributed by atoms with Gasteiger partial charge in [0.2, 0.25) is 0 Å². The Morgan fingerprint density at radius 3 is 1.50 bits per heavy atom. The molecule has 0 aromatic heterocycles. The van der Waals surface area contributed by atoms with E-state index in [0.717, 1.165) is 0 Å². The van der Waals surface area contributed by atoms with Crippen molar-refractivity contribution in [1.29, 1.82) is 0 Å². The van der Waals surface area contributed by atoms with Crippen LogP contribution in [0.15, 0.2) is 23.7 Å². The molecule has 0 saturated heterocycles. The van der Waals surface area contributed by atoms with E-state index in [0.29, 0.717) is 0 Å². The molecule has 0 spiro atoms. The van der Waals surface area contributed by atoms with Gasteiger partial charge in [-0.2, -0.15) is 0 Å². The molecule has 2 heteroatoms. The van der Waals surface area contributed by atoms with E-state index in [1.807, 2.05) is 0 Å². The third-order valence-corrected chi connectivity index (χ3v) is 0. The molecule has 0 saturated carbocycles. The number of rotatable bonds is 0. The lowest BCUT2D eigenvalue weighted by Gasteiger charge is -1.27. The highest BCUT2D eigenvalue weighted by atomic mass is 79.9. The Balaban J connectivity index is 0. The van der Waals surface area contributed by atoms with Crippen LogP contribution in [0, 0.1) is 0 Å². The van der Waals surface area contributed by atoms with Crippen LogP contribution in [0.4, 0.5) is 0 Å². The number of hydrogen-bond donors (Lipinski definition) is 0. The van der Waals surface area contributed by atoms with E-state index in [9.17, 15) is 0 Å². The van der Waals surface area contributed by atoms with Crippen LogP contribution in [0.2, 0.25) is 0 Å². The van der Waals surface area contributed by atoms with Crippen LogP contribution >= 0.6 is 27.5 Å². The zero-order valence-electron chi connectivity index (χ0n) is 3.32. The Kier molecular flexibility index (Phi) is 29.8. The van der Waals surface area contributed by atoms with Crippen LogP contribution in [-0.2, 0) is 0 Å². The Hall–Kier alpha value is 0.250. The van der Waals surface area contributed by atoms with Crippen LogP contribution in [0.3, 0.4) is 0 Å². The highest BCUT2D eigenvalue weighted by Gasteiger charge is 1.18. The van der Waals surface area contributed by atoms with Crippen molar-refractivity contribution in [2.75, 3.05) is 0 Å². The summed E-state index contributed by atoms with van der Waals surface area (Å²) in [6.07, 6.45) is 0. The molecule has 0 amide bonds. The van der Waals surface area contributed by atoms with Gasteiger partial charge in [0.05, 0.1) is 0 Å². The SMILES string of the molecule is C=CBr.C=CCl. The second kappa shape index (κ2) is 18.7. The van der Waals surface area contributed by atoms with Crippen molar-refractivity contribution in [3.05, 3.63) is 23.7 Å². The van der Waals surface area contributed by atoms with Gasteiger partial charge in [0.25, 0.3) is 0 Å². The summed E-state index contributed by atoms with van der Waals surface area (Å²) in [5, 5.41) is 0. The van der Waals surface area contributed by atoms with Crippen molar-refractivity contribution >= 4 is 27.5 Å². The predicted molar refractivity (Wildman–Crippen MR) is 35.2 cm³/mol. The molecule has 0 aromatic carbocycles. The molecule has 0 aromatic rings. The normalized spacial score (nSPS) is 4.33. The van der Waals surface area contributed by atoms with Gasteiger partial charge in [-0.25, -0.2) is 0 Å². The summed E-state index contributed by atoms with van der Waals surface area (Å²) in [6, 6.07) is 0. The van der Waals surface area contributed by atoms with Crippen molar-refractivity contribution in [3.63, 3.8) is 0 Å². The standard InChI is InChI=1S/C2H3Br.C2H3Cl/c2*1-2-3/h2*2H,1H2. The van der Waals surface area contributed by atoms with Crippen molar-refractivity contribution in [2.45, 2.75) is 0 Å². The van der Waals surface area contributed by atoms with Crippen molar-refractivity contribution in [3.8, 4) is 0 Å². The molecular formula is C4H6BrCl. The second-order valence-electron chi connectivity index (χ2n) is 0.309. The lowest BCUT2D eigenvalue weighted by Crippen LogP contribution is -0.926. The third-order valence-electron chi connectivity index (χ3n) is 0. The maximum atomic E-state index is 4.76. The van der Waals surface area contributed by atoms with Crippen molar-refractivity contribution in [2.24, 2.45) is 0 Å². The highest BCUT2D eigenvalue weighted by Crippen LogP contribution is 1.68. The minimum absolute atomic E-state index is 1.22. The maximum absolute atomic E-state index is 4.76. The first-order chi connectivity index (χ1) is 2.83. The van der Waals surface area contributed by atoms with Crippen LogP contribution in [-0.4, -0.2) is 0 Å². The van der Waals surface area contributed by atoms with Gasteiger partial charge in [-0.05, 0) is 10.5 Å². The van der Waals surface area contributed by atoms with Gasteiger partial charge in [0.1, 0.15) is 0 Å². The van der Waals surface area contributed by atoms with Crippen LogP contribution in [0.25, 0.3) is 0 Å². The third kappa shape index (κ3) is 718. The fourth-order valence-electron chi connectivity index (χ4n) is 0. The zero-order chi connectivity index (χ0) is 5.41. The summed E-state index contributed by atoms with van der Waals surface area (Å²) < 4.78 is 0. The Labute approximate surface area is 51.6 Å². The lowest BCUT2D eigenvalue weighted by molar-refractivity contribution is 2.63. The van der Waals surface area contributed by atoms with Crippen molar-refractivity contribution in [1.82, 2.24) is 0 Å². The van der Waals surface area contributed by atoms with Crippen LogP contribution in [0.5, 0.6) is 0 Å².